The molecule has 29 heavy (non-hydrogen) atoms. The summed E-state index contributed by atoms with van der Waals surface area (Å²) < 4.78 is 5.66. The summed E-state index contributed by atoms with van der Waals surface area (Å²) in [7, 11) is 0. The van der Waals surface area contributed by atoms with E-state index in [9.17, 15) is 4.79 Å². The lowest BCUT2D eigenvalue weighted by Gasteiger charge is -2.34. The molecule has 0 saturated carbocycles. The van der Waals surface area contributed by atoms with E-state index in [4.69, 9.17) is 4.74 Å². The van der Waals surface area contributed by atoms with Gasteiger partial charge in [0, 0.05) is 31.9 Å². The number of nitrogens with one attached hydrogen (secondary N) is 2. The first-order chi connectivity index (χ1) is 14.2. The number of ether oxygens (including phenoxy) is 1. The summed E-state index contributed by atoms with van der Waals surface area (Å²) in [6.45, 7) is 5.66. The first-order valence-electron chi connectivity index (χ1n) is 10.2. The molecule has 7 nitrogen and oxygen atoms in total. The van der Waals surface area contributed by atoms with Gasteiger partial charge in [-0.3, -0.25) is 0 Å². The quantitative estimate of drug-likeness (QED) is 0.619. The van der Waals surface area contributed by atoms with E-state index >= 15 is 0 Å². The van der Waals surface area contributed by atoms with E-state index in [1.54, 1.807) is 0 Å². The average molecular weight is 393 g/mol. The van der Waals surface area contributed by atoms with Crippen molar-refractivity contribution in [3.63, 3.8) is 0 Å². The Morgan fingerprint density at radius 2 is 1.86 bits per heavy atom. The van der Waals surface area contributed by atoms with Crippen molar-refractivity contribution in [2.45, 2.75) is 19.8 Å². The third-order valence-electron chi connectivity index (χ3n) is 5.12. The van der Waals surface area contributed by atoms with Gasteiger partial charge in [0.25, 0.3) is 0 Å². The second-order valence-electron chi connectivity index (χ2n) is 7.21. The first kappa shape index (κ1) is 19.1. The summed E-state index contributed by atoms with van der Waals surface area (Å²) in [6.07, 6.45) is 2.15. The normalized spacial score (nSPS) is 14.2. The van der Waals surface area contributed by atoms with Gasteiger partial charge in [0.2, 0.25) is 5.95 Å². The van der Waals surface area contributed by atoms with Gasteiger partial charge >= 0.3 is 6.03 Å². The Morgan fingerprint density at radius 3 is 2.59 bits per heavy atom. The minimum atomic E-state index is -0.0751. The summed E-state index contributed by atoms with van der Waals surface area (Å²) >= 11 is 0. The van der Waals surface area contributed by atoms with Crippen molar-refractivity contribution >= 4 is 28.7 Å². The summed E-state index contributed by atoms with van der Waals surface area (Å²) in [4.78, 5) is 24.6. The van der Waals surface area contributed by atoms with Gasteiger partial charge in [0.15, 0.2) is 0 Å². The van der Waals surface area contributed by atoms with Crippen molar-refractivity contribution in [3.05, 3.63) is 48.5 Å². The maximum Gasteiger partial charge on any atom is 0.321 e. The van der Waals surface area contributed by atoms with E-state index in [1.165, 1.54) is 0 Å². The third kappa shape index (κ3) is 4.62. The van der Waals surface area contributed by atoms with Crippen LogP contribution in [0.4, 0.5) is 16.4 Å². The zero-order valence-corrected chi connectivity index (χ0v) is 16.7. The van der Waals surface area contributed by atoms with Crippen LogP contribution in [-0.4, -0.2) is 53.7 Å². The monoisotopic (exact) mass is 393 g/mol. The molecule has 1 aromatic heterocycles. The Labute approximate surface area is 170 Å². The number of nitrogens with zero attached hydrogens (tertiary/aromatic N) is 3. The zero-order valence-electron chi connectivity index (χ0n) is 16.7. The summed E-state index contributed by atoms with van der Waals surface area (Å²) in [5, 5.41) is 2.97. The SMILES string of the molecule is CCCCOc1ccc(NC(=O)N2CCN(c3nc4ccccc4[nH]3)CC2)cc1. The first-order valence-corrected chi connectivity index (χ1v) is 10.2. The molecular formula is C22H27N5O2. The van der Waals surface area contributed by atoms with E-state index in [2.05, 4.69) is 27.1 Å². The molecule has 4 rings (SSSR count). The fourth-order valence-electron chi connectivity index (χ4n) is 3.38. The molecule has 1 fully saturated rings. The van der Waals surface area contributed by atoms with Crippen molar-refractivity contribution in [2.24, 2.45) is 0 Å². The lowest BCUT2D eigenvalue weighted by molar-refractivity contribution is 0.208. The molecule has 2 heterocycles. The lowest BCUT2D eigenvalue weighted by Crippen LogP contribution is -2.50. The molecule has 1 aliphatic heterocycles. The number of imidazole rings is 1. The molecule has 7 heteroatoms. The number of anilines is 2. The van der Waals surface area contributed by atoms with Crippen LogP contribution in [0.15, 0.2) is 48.5 Å². The molecule has 0 atom stereocenters. The van der Waals surface area contributed by atoms with Gasteiger partial charge in [-0.05, 0) is 42.8 Å². The molecule has 3 aromatic rings. The predicted molar refractivity (Wildman–Crippen MR) is 116 cm³/mol. The largest absolute Gasteiger partial charge is 0.494 e. The Hall–Kier alpha value is -3.22. The molecule has 2 amide bonds. The second-order valence-corrected chi connectivity index (χ2v) is 7.21. The smallest absolute Gasteiger partial charge is 0.321 e. The highest BCUT2D eigenvalue weighted by atomic mass is 16.5. The molecule has 0 unspecified atom stereocenters. The number of para-hydroxylation sites is 2. The van der Waals surface area contributed by atoms with Crippen LogP contribution in [0.5, 0.6) is 5.75 Å². The highest BCUT2D eigenvalue weighted by Gasteiger charge is 2.23. The van der Waals surface area contributed by atoms with Gasteiger partial charge in [0.1, 0.15) is 5.75 Å². The van der Waals surface area contributed by atoms with Crippen molar-refractivity contribution in [3.8, 4) is 5.75 Å². The maximum absolute atomic E-state index is 12.6. The van der Waals surface area contributed by atoms with E-state index < -0.39 is 0 Å². The minimum absolute atomic E-state index is 0.0751. The van der Waals surface area contributed by atoms with Crippen molar-refractivity contribution in [1.82, 2.24) is 14.9 Å². The Kier molecular flexibility index (Phi) is 5.84. The van der Waals surface area contributed by atoms with Crippen molar-refractivity contribution < 1.29 is 9.53 Å². The molecule has 1 saturated heterocycles. The van der Waals surface area contributed by atoms with E-state index in [-0.39, 0.29) is 6.03 Å². The number of unbranched alkanes of at least 4 members (excludes halogenated alkanes) is 1. The number of H-pyrrole nitrogens is 1. The Morgan fingerprint density at radius 1 is 1.10 bits per heavy atom. The van der Waals surface area contributed by atoms with E-state index in [0.717, 1.165) is 61.0 Å². The molecule has 1 aliphatic rings. The lowest BCUT2D eigenvalue weighted by atomic mass is 10.3. The number of aromatic nitrogens is 2. The fourth-order valence-corrected chi connectivity index (χ4v) is 3.38. The number of benzene rings is 2. The highest BCUT2D eigenvalue weighted by Crippen LogP contribution is 2.20. The molecule has 0 spiro atoms. The van der Waals surface area contributed by atoms with E-state index in [0.29, 0.717) is 13.1 Å². The molecule has 0 aliphatic carbocycles. The highest BCUT2D eigenvalue weighted by molar-refractivity contribution is 5.89. The summed E-state index contributed by atoms with van der Waals surface area (Å²) in [5.41, 5.74) is 2.77. The van der Waals surface area contributed by atoms with Crippen LogP contribution in [0.25, 0.3) is 11.0 Å². The standard InChI is InChI=1S/C22H27N5O2/c1-2-3-16-29-18-10-8-17(9-11-18)23-22(28)27-14-12-26(13-15-27)21-24-19-6-4-5-7-20(19)25-21/h4-11H,2-3,12-16H2,1H3,(H,23,28)(H,24,25). The van der Waals surface area contributed by atoms with Gasteiger partial charge < -0.3 is 24.8 Å². The molecule has 2 aromatic carbocycles. The van der Waals surface area contributed by atoms with Gasteiger partial charge in [0.05, 0.1) is 17.6 Å². The number of rotatable bonds is 6. The number of amides is 2. The second kappa shape index (κ2) is 8.86. The number of fused-ring (bicyclic) bond motifs is 1. The molecular weight excluding hydrogens is 366 g/mol. The number of piperazine rings is 1. The summed E-state index contributed by atoms with van der Waals surface area (Å²) in [5.74, 6) is 1.70. The number of hydrogen-bond donors (Lipinski definition) is 2. The number of urea groups is 1. The van der Waals surface area contributed by atoms with Crippen LogP contribution in [0.1, 0.15) is 19.8 Å². The van der Waals surface area contributed by atoms with Crippen molar-refractivity contribution in [1.29, 1.82) is 0 Å². The Bertz CT molecular complexity index is 912. The average Bonchev–Trinajstić information content (AvgIpc) is 3.19. The maximum atomic E-state index is 12.6. The molecule has 0 bridgehead atoms. The zero-order chi connectivity index (χ0) is 20.1. The molecule has 0 radical (unpaired) electrons. The van der Waals surface area contributed by atoms with E-state index in [1.807, 2.05) is 53.4 Å². The van der Waals surface area contributed by atoms with Crippen LogP contribution in [0.3, 0.4) is 0 Å². The van der Waals surface area contributed by atoms with Gasteiger partial charge in [-0.25, -0.2) is 9.78 Å². The van der Waals surface area contributed by atoms with Crippen LogP contribution < -0.4 is 15.0 Å². The number of carbonyl (C=O) groups excluding carboxylic acids is 1. The van der Waals surface area contributed by atoms with Crippen LogP contribution >= 0.6 is 0 Å². The molecule has 152 valence electrons. The van der Waals surface area contributed by atoms with Crippen LogP contribution in [-0.2, 0) is 0 Å². The predicted octanol–water partition coefficient (Wildman–Crippen LogP) is 4.10. The number of aromatic amines is 1. The topological polar surface area (TPSA) is 73.5 Å². The fraction of sp³-hybridized carbons (Fsp3) is 0.364. The van der Waals surface area contributed by atoms with Crippen molar-refractivity contribution in [2.75, 3.05) is 43.0 Å². The van der Waals surface area contributed by atoms with Gasteiger partial charge in [-0.15, -0.1) is 0 Å². The number of carbonyl (C=O) groups is 1. The van der Waals surface area contributed by atoms with Crippen LogP contribution in [0, 0.1) is 0 Å². The molecule has 2 N–H and O–H groups in total. The minimum Gasteiger partial charge on any atom is -0.494 e. The Balaban J connectivity index is 1.28. The van der Waals surface area contributed by atoms with Gasteiger partial charge in [-0.2, -0.15) is 0 Å². The number of hydrogen-bond acceptors (Lipinski definition) is 4. The third-order valence-corrected chi connectivity index (χ3v) is 5.12. The van der Waals surface area contributed by atoms with Gasteiger partial charge in [-0.1, -0.05) is 25.5 Å². The summed E-state index contributed by atoms with van der Waals surface area (Å²) in [6, 6.07) is 15.5. The van der Waals surface area contributed by atoms with Crippen LogP contribution in [0.2, 0.25) is 0 Å².